The molecule has 0 spiro atoms. The Balaban J connectivity index is 3.48. The second-order valence-corrected chi connectivity index (χ2v) is 4.03. The van der Waals surface area contributed by atoms with Gasteiger partial charge in [-0.25, -0.2) is 4.39 Å². The minimum atomic E-state index is -0.432. The van der Waals surface area contributed by atoms with E-state index in [1.165, 1.54) is 13.2 Å². The Kier molecular flexibility index (Phi) is 3.75. The van der Waals surface area contributed by atoms with E-state index in [0.717, 1.165) is 0 Å². The molecule has 0 aliphatic carbocycles. The molecule has 0 fully saturated rings. The summed E-state index contributed by atoms with van der Waals surface area (Å²) in [5, 5.41) is 3.11. The maximum atomic E-state index is 13.6. The van der Waals surface area contributed by atoms with Crippen LogP contribution in [-0.4, -0.2) is 21.3 Å². The molecule has 1 aromatic rings. The first-order chi connectivity index (χ1) is 7.47. The van der Waals surface area contributed by atoms with Crippen LogP contribution in [0.15, 0.2) is 12.1 Å². The molecule has 1 aromatic carbocycles. The third-order valence-electron chi connectivity index (χ3n) is 2.75. The highest BCUT2D eigenvalue weighted by molar-refractivity contribution is 5.49. The van der Waals surface area contributed by atoms with Crippen LogP contribution in [0.4, 0.5) is 4.39 Å². The molecule has 1 N–H and O–H groups in total. The van der Waals surface area contributed by atoms with Gasteiger partial charge < -0.3 is 14.8 Å². The first-order valence-corrected chi connectivity index (χ1v) is 5.07. The van der Waals surface area contributed by atoms with E-state index in [0.29, 0.717) is 11.3 Å². The lowest BCUT2D eigenvalue weighted by Gasteiger charge is -2.28. The maximum absolute atomic E-state index is 13.6. The van der Waals surface area contributed by atoms with Gasteiger partial charge in [-0.1, -0.05) is 0 Å². The van der Waals surface area contributed by atoms with Crippen LogP contribution in [0.5, 0.6) is 11.5 Å². The van der Waals surface area contributed by atoms with Crippen molar-refractivity contribution in [1.29, 1.82) is 0 Å². The van der Waals surface area contributed by atoms with Gasteiger partial charge >= 0.3 is 0 Å². The Morgan fingerprint density at radius 1 is 1.19 bits per heavy atom. The molecule has 0 bridgehead atoms. The normalized spacial score (nSPS) is 11.4. The van der Waals surface area contributed by atoms with E-state index in [1.807, 2.05) is 20.9 Å². The fourth-order valence-corrected chi connectivity index (χ4v) is 1.63. The summed E-state index contributed by atoms with van der Waals surface area (Å²) in [6, 6.07) is 2.94. The summed E-state index contributed by atoms with van der Waals surface area (Å²) in [6.07, 6.45) is 0. The summed E-state index contributed by atoms with van der Waals surface area (Å²) in [6.45, 7) is 3.87. The average Bonchev–Trinajstić information content (AvgIpc) is 2.28. The predicted molar refractivity (Wildman–Crippen MR) is 61.6 cm³/mol. The molecule has 0 atom stereocenters. The molecule has 0 unspecified atom stereocenters. The van der Waals surface area contributed by atoms with E-state index in [-0.39, 0.29) is 11.6 Å². The summed E-state index contributed by atoms with van der Waals surface area (Å²) in [5.41, 5.74) is 0.249. The Hall–Kier alpha value is -1.29. The molecule has 0 aromatic heterocycles. The van der Waals surface area contributed by atoms with E-state index >= 15 is 0 Å². The second-order valence-electron chi connectivity index (χ2n) is 4.03. The highest BCUT2D eigenvalue weighted by atomic mass is 19.1. The van der Waals surface area contributed by atoms with Crippen LogP contribution < -0.4 is 14.8 Å². The fraction of sp³-hybridized carbons (Fsp3) is 0.500. The number of rotatable bonds is 4. The first-order valence-electron chi connectivity index (χ1n) is 5.07. The molecular formula is C12H18FNO2. The molecule has 1 rings (SSSR count). The summed E-state index contributed by atoms with van der Waals surface area (Å²) < 4.78 is 24.0. The third-order valence-corrected chi connectivity index (χ3v) is 2.75. The molecule has 0 amide bonds. The highest BCUT2D eigenvalue weighted by Gasteiger charge is 2.28. The van der Waals surface area contributed by atoms with Crippen molar-refractivity contribution in [3.05, 3.63) is 23.5 Å². The Bertz CT molecular complexity index is 378. The number of halogens is 1. The molecule has 0 heterocycles. The van der Waals surface area contributed by atoms with Crippen LogP contribution in [0.1, 0.15) is 19.4 Å². The van der Waals surface area contributed by atoms with Gasteiger partial charge in [0.25, 0.3) is 0 Å². The average molecular weight is 227 g/mol. The number of methoxy groups -OCH3 is 2. The van der Waals surface area contributed by atoms with E-state index in [1.54, 1.807) is 13.2 Å². The lowest BCUT2D eigenvalue weighted by atomic mass is 9.92. The van der Waals surface area contributed by atoms with Crippen molar-refractivity contribution in [2.75, 3.05) is 21.3 Å². The van der Waals surface area contributed by atoms with E-state index in [2.05, 4.69) is 5.32 Å². The van der Waals surface area contributed by atoms with E-state index in [9.17, 15) is 4.39 Å². The van der Waals surface area contributed by atoms with Crippen LogP contribution in [0, 0.1) is 5.82 Å². The zero-order valence-corrected chi connectivity index (χ0v) is 10.3. The lowest BCUT2D eigenvalue weighted by Crippen LogP contribution is -2.34. The Morgan fingerprint density at radius 3 is 2.25 bits per heavy atom. The largest absolute Gasteiger partial charge is 0.496 e. The number of nitrogens with one attached hydrogen (secondary N) is 1. The van der Waals surface area contributed by atoms with Gasteiger partial charge in [-0.2, -0.15) is 0 Å². The van der Waals surface area contributed by atoms with E-state index < -0.39 is 5.54 Å². The lowest BCUT2D eigenvalue weighted by molar-refractivity contribution is 0.330. The van der Waals surface area contributed by atoms with Gasteiger partial charge in [0, 0.05) is 5.54 Å². The van der Waals surface area contributed by atoms with Crippen molar-refractivity contribution in [1.82, 2.24) is 5.32 Å². The summed E-state index contributed by atoms with van der Waals surface area (Å²) in [4.78, 5) is 0. The molecular weight excluding hydrogens is 209 g/mol. The van der Waals surface area contributed by atoms with Gasteiger partial charge in [0.05, 0.1) is 19.8 Å². The van der Waals surface area contributed by atoms with Crippen molar-refractivity contribution in [2.45, 2.75) is 19.4 Å². The number of hydrogen-bond donors (Lipinski definition) is 1. The molecule has 0 aliphatic heterocycles. The van der Waals surface area contributed by atoms with Crippen molar-refractivity contribution >= 4 is 0 Å². The predicted octanol–water partition coefficient (Wildman–Crippen LogP) is 2.30. The van der Waals surface area contributed by atoms with Crippen LogP contribution >= 0.6 is 0 Å². The highest BCUT2D eigenvalue weighted by Crippen LogP contribution is 2.38. The number of ether oxygens (including phenoxy) is 2. The zero-order chi connectivity index (χ0) is 12.3. The molecule has 3 nitrogen and oxygen atoms in total. The van der Waals surface area contributed by atoms with Gasteiger partial charge in [-0.15, -0.1) is 0 Å². The van der Waals surface area contributed by atoms with Gasteiger partial charge in [-0.05, 0) is 33.0 Å². The van der Waals surface area contributed by atoms with Gasteiger partial charge in [0.1, 0.15) is 5.75 Å². The van der Waals surface area contributed by atoms with Crippen molar-refractivity contribution in [2.24, 2.45) is 0 Å². The SMILES string of the molecule is CNC(C)(C)c1c(OC)ccc(F)c1OC. The Morgan fingerprint density at radius 2 is 1.81 bits per heavy atom. The summed E-state index contributed by atoms with van der Waals surface area (Å²) >= 11 is 0. The molecule has 4 heteroatoms. The van der Waals surface area contributed by atoms with E-state index in [4.69, 9.17) is 9.47 Å². The molecule has 0 saturated carbocycles. The first kappa shape index (κ1) is 12.8. The number of hydrogen-bond acceptors (Lipinski definition) is 3. The van der Waals surface area contributed by atoms with Crippen molar-refractivity contribution < 1.29 is 13.9 Å². The van der Waals surface area contributed by atoms with Gasteiger partial charge in [0.15, 0.2) is 11.6 Å². The zero-order valence-electron chi connectivity index (χ0n) is 10.3. The molecule has 0 radical (unpaired) electrons. The maximum Gasteiger partial charge on any atom is 0.165 e. The van der Waals surface area contributed by atoms with Crippen LogP contribution in [0.3, 0.4) is 0 Å². The molecule has 0 saturated heterocycles. The molecule has 0 aliphatic rings. The van der Waals surface area contributed by atoms with Gasteiger partial charge in [0.2, 0.25) is 0 Å². The third kappa shape index (κ3) is 2.11. The second kappa shape index (κ2) is 4.70. The molecule has 16 heavy (non-hydrogen) atoms. The van der Waals surface area contributed by atoms with Crippen LogP contribution in [0.25, 0.3) is 0 Å². The Labute approximate surface area is 95.6 Å². The van der Waals surface area contributed by atoms with Crippen molar-refractivity contribution in [3.8, 4) is 11.5 Å². The standard InChI is InChI=1S/C12H18FNO2/c1-12(2,14-3)10-9(15-4)7-6-8(13)11(10)16-5/h6-7,14H,1-5H3. The smallest absolute Gasteiger partial charge is 0.165 e. The fourth-order valence-electron chi connectivity index (χ4n) is 1.63. The summed E-state index contributed by atoms with van der Waals surface area (Å²) in [5.74, 6) is 0.443. The van der Waals surface area contributed by atoms with Gasteiger partial charge in [-0.3, -0.25) is 0 Å². The molecule has 90 valence electrons. The topological polar surface area (TPSA) is 30.5 Å². The summed E-state index contributed by atoms with van der Waals surface area (Å²) in [7, 11) is 4.82. The van der Waals surface area contributed by atoms with Crippen LogP contribution in [0.2, 0.25) is 0 Å². The minimum absolute atomic E-state index is 0.221. The monoisotopic (exact) mass is 227 g/mol. The quantitative estimate of drug-likeness (QED) is 0.856. The number of benzene rings is 1. The van der Waals surface area contributed by atoms with Crippen molar-refractivity contribution in [3.63, 3.8) is 0 Å². The minimum Gasteiger partial charge on any atom is -0.496 e. The van der Waals surface area contributed by atoms with Crippen LogP contribution in [-0.2, 0) is 5.54 Å².